The molecule has 3 nitrogen and oxygen atoms in total. The second-order valence-corrected chi connectivity index (χ2v) is 2.98. The van der Waals surface area contributed by atoms with Crippen LogP contribution in [0.3, 0.4) is 0 Å². The predicted molar refractivity (Wildman–Crippen MR) is 50.9 cm³/mol. The van der Waals surface area contributed by atoms with Gasteiger partial charge in [-0.15, -0.1) is 0 Å². The maximum absolute atomic E-state index is 10.3. The van der Waals surface area contributed by atoms with Crippen LogP contribution in [-0.4, -0.2) is 29.9 Å². The molecular formula is C10H12N2O. The maximum atomic E-state index is 10.3. The van der Waals surface area contributed by atoms with Crippen LogP contribution >= 0.6 is 0 Å². The topological polar surface area (TPSA) is 33.2 Å². The molecular weight excluding hydrogens is 164 g/mol. The van der Waals surface area contributed by atoms with Crippen LogP contribution in [0.25, 0.3) is 0 Å². The zero-order valence-corrected chi connectivity index (χ0v) is 7.77. The molecule has 0 bridgehead atoms. The Hall–Kier alpha value is -1.44. The number of rotatable bonds is 3. The minimum Gasteiger partial charge on any atom is -0.298 e. The van der Waals surface area contributed by atoms with E-state index in [2.05, 4.69) is 4.98 Å². The Labute approximate surface area is 77.7 Å². The van der Waals surface area contributed by atoms with Gasteiger partial charge in [0, 0.05) is 18.5 Å². The van der Waals surface area contributed by atoms with Gasteiger partial charge in [-0.05, 0) is 25.7 Å². The zero-order valence-electron chi connectivity index (χ0n) is 7.77. The van der Waals surface area contributed by atoms with Crippen LogP contribution in [-0.2, 0) is 4.79 Å². The fourth-order valence-corrected chi connectivity index (χ4v) is 1.16. The molecule has 1 aromatic heterocycles. The van der Waals surface area contributed by atoms with Crippen molar-refractivity contribution in [2.24, 2.45) is 0 Å². The van der Waals surface area contributed by atoms with Crippen LogP contribution in [0.15, 0.2) is 30.6 Å². The first-order valence-electron chi connectivity index (χ1n) is 4.03. The highest BCUT2D eigenvalue weighted by Crippen LogP contribution is 2.16. The number of hydrogen-bond donors (Lipinski definition) is 0. The highest BCUT2D eigenvalue weighted by molar-refractivity contribution is 5.48. The number of aromatic nitrogens is 1. The zero-order chi connectivity index (χ0) is 9.68. The summed E-state index contributed by atoms with van der Waals surface area (Å²) in [4.78, 5) is 16.2. The summed E-state index contributed by atoms with van der Waals surface area (Å²) in [6, 6.07) is 3.75. The van der Waals surface area contributed by atoms with Crippen LogP contribution in [0, 0.1) is 0 Å². The van der Waals surface area contributed by atoms with E-state index in [1.807, 2.05) is 31.1 Å². The molecule has 1 unspecified atom stereocenters. The summed E-state index contributed by atoms with van der Waals surface area (Å²) >= 11 is 0. The Bertz CT molecular complexity index is 302. The van der Waals surface area contributed by atoms with Crippen LogP contribution in [0.2, 0.25) is 0 Å². The molecule has 68 valence electrons. The fraction of sp³-hybridized carbons (Fsp3) is 0.300. The van der Waals surface area contributed by atoms with Gasteiger partial charge in [-0.3, -0.25) is 9.88 Å². The molecule has 0 fully saturated rings. The van der Waals surface area contributed by atoms with E-state index >= 15 is 0 Å². The van der Waals surface area contributed by atoms with Gasteiger partial charge in [0.15, 0.2) is 0 Å². The first-order chi connectivity index (χ1) is 6.25. The van der Waals surface area contributed by atoms with Gasteiger partial charge in [0.25, 0.3) is 0 Å². The second kappa shape index (κ2) is 4.55. The Morgan fingerprint density at radius 1 is 1.62 bits per heavy atom. The quantitative estimate of drug-likeness (QED) is 0.646. The third-order valence-electron chi connectivity index (χ3n) is 1.81. The molecule has 1 aromatic rings. The number of likely N-dealkylation sites (N-methyl/N-ethyl adjacent to an activating group) is 1. The summed E-state index contributed by atoms with van der Waals surface area (Å²) in [7, 11) is 3.82. The minimum atomic E-state index is -0.0359. The third kappa shape index (κ3) is 2.51. The van der Waals surface area contributed by atoms with Crippen molar-refractivity contribution in [3.8, 4) is 0 Å². The first kappa shape index (κ1) is 9.65. The normalized spacial score (nSPS) is 12.2. The molecule has 1 atom stereocenters. The van der Waals surface area contributed by atoms with Crippen molar-refractivity contribution in [2.75, 3.05) is 14.1 Å². The van der Waals surface area contributed by atoms with Gasteiger partial charge < -0.3 is 0 Å². The average Bonchev–Trinajstić information content (AvgIpc) is 2.15. The summed E-state index contributed by atoms with van der Waals surface area (Å²) < 4.78 is 0. The molecule has 13 heavy (non-hydrogen) atoms. The highest BCUT2D eigenvalue weighted by atomic mass is 16.1. The minimum absolute atomic E-state index is 0.0359. The van der Waals surface area contributed by atoms with Crippen LogP contribution in [0.5, 0.6) is 0 Å². The number of hydrogen-bond acceptors (Lipinski definition) is 3. The molecule has 0 aliphatic rings. The summed E-state index contributed by atoms with van der Waals surface area (Å²) in [6.07, 6.45) is 4.94. The van der Waals surface area contributed by atoms with Gasteiger partial charge in [0.05, 0.1) is 6.04 Å². The summed E-state index contributed by atoms with van der Waals surface area (Å²) in [5.41, 5.74) is 0.996. The first-order valence-corrected chi connectivity index (χ1v) is 4.03. The Kier molecular flexibility index (Phi) is 3.38. The standard InChI is InChI=1S/C10H12N2O/c1-12(2)10(5-7-13)9-4-3-6-11-8-9/h3-6,8,10H,1-2H3. The van der Waals surface area contributed by atoms with E-state index in [0.717, 1.165) is 5.56 Å². The molecule has 0 aromatic carbocycles. The molecule has 0 amide bonds. The Morgan fingerprint density at radius 2 is 2.38 bits per heavy atom. The van der Waals surface area contributed by atoms with Crippen molar-refractivity contribution >= 4 is 5.94 Å². The van der Waals surface area contributed by atoms with Crippen molar-refractivity contribution in [3.63, 3.8) is 0 Å². The molecule has 0 N–H and O–H groups in total. The predicted octanol–water partition coefficient (Wildman–Crippen LogP) is 1.07. The van der Waals surface area contributed by atoms with Gasteiger partial charge in [0.2, 0.25) is 0 Å². The second-order valence-electron chi connectivity index (χ2n) is 2.98. The van der Waals surface area contributed by atoms with E-state index in [4.69, 9.17) is 0 Å². The molecule has 1 heterocycles. The summed E-state index contributed by atoms with van der Waals surface area (Å²) in [5.74, 6) is 1.80. The molecule has 0 radical (unpaired) electrons. The van der Waals surface area contributed by atoms with E-state index in [9.17, 15) is 4.79 Å². The van der Waals surface area contributed by atoms with E-state index in [1.165, 1.54) is 6.08 Å². The molecule has 0 aliphatic heterocycles. The van der Waals surface area contributed by atoms with E-state index in [1.54, 1.807) is 18.3 Å². The largest absolute Gasteiger partial charge is 0.298 e. The highest BCUT2D eigenvalue weighted by Gasteiger charge is 2.10. The maximum Gasteiger partial charge on any atom is 0.122 e. The lowest BCUT2D eigenvalue weighted by Crippen LogP contribution is -2.18. The van der Waals surface area contributed by atoms with E-state index in [-0.39, 0.29) is 6.04 Å². The monoisotopic (exact) mass is 176 g/mol. The molecule has 1 rings (SSSR count). The van der Waals surface area contributed by atoms with Crippen molar-refractivity contribution in [3.05, 3.63) is 36.2 Å². The average molecular weight is 176 g/mol. The lowest BCUT2D eigenvalue weighted by Gasteiger charge is -2.19. The SMILES string of the molecule is CN(C)C(C=C=O)c1cccnc1. The van der Waals surface area contributed by atoms with Gasteiger partial charge >= 0.3 is 0 Å². The van der Waals surface area contributed by atoms with E-state index < -0.39 is 0 Å². The van der Waals surface area contributed by atoms with Gasteiger partial charge in [0.1, 0.15) is 5.94 Å². The molecule has 0 aliphatic carbocycles. The molecule has 0 saturated carbocycles. The molecule has 3 heteroatoms. The van der Waals surface area contributed by atoms with Crippen molar-refractivity contribution in [1.29, 1.82) is 0 Å². The third-order valence-corrected chi connectivity index (χ3v) is 1.81. The van der Waals surface area contributed by atoms with Crippen molar-refractivity contribution < 1.29 is 4.79 Å². The smallest absolute Gasteiger partial charge is 0.122 e. The summed E-state index contributed by atoms with van der Waals surface area (Å²) in [5, 5.41) is 0. The molecule has 0 spiro atoms. The molecule has 0 saturated heterocycles. The lowest BCUT2D eigenvalue weighted by atomic mass is 10.1. The van der Waals surface area contributed by atoms with E-state index in [0.29, 0.717) is 0 Å². The summed E-state index contributed by atoms with van der Waals surface area (Å²) in [6.45, 7) is 0. The lowest BCUT2D eigenvalue weighted by molar-refractivity contribution is 0.351. The van der Waals surface area contributed by atoms with Crippen LogP contribution < -0.4 is 0 Å². The number of carbonyl (C=O) groups excluding carboxylic acids is 1. The van der Waals surface area contributed by atoms with Gasteiger partial charge in [-0.2, -0.15) is 0 Å². The van der Waals surface area contributed by atoms with Crippen LogP contribution in [0.4, 0.5) is 0 Å². The number of pyridine rings is 1. The van der Waals surface area contributed by atoms with Crippen molar-refractivity contribution in [1.82, 2.24) is 9.88 Å². The van der Waals surface area contributed by atoms with Gasteiger partial charge in [-0.1, -0.05) is 6.07 Å². The Balaban J connectivity index is 2.95. The number of nitrogens with zero attached hydrogens (tertiary/aromatic N) is 2. The Morgan fingerprint density at radius 3 is 2.85 bits per heavy atom. The van der Waals surface area contributed by atoms with Gasteiger partial charge in [-0.25, -0.2) is 4.79 Å². The van der Waals surface area contributed by atoms with Crippen LogP contribution in [0.1, 0.15) is 11.6 Å². The fourth-order valence-electron chi connectivity index (χ4n) is 1.16. The van der Waals surface area contributed by atoms with Crippen molar-refractivity contribution in [2.45, 2.75) is 6.04 Å².